The Balaban J connectivity index is 1.72. The second-order valence-corrected chi connectivity index (χ2v) is 7.00. The lowest BCUT2D eigenvalue weighted by Crippen LogP contribution is -2.17. The Labute approximate surface area is 146 Å². The fraction of sp³-hybridized carbons (Fsp3) is 0.118. The number of hydrogen-bond acceptors (Lipinski definition) is 6. The van der Waals surface area contributed by atoms with Crippen molar-refractivity contribution in [2.24, 2.45) is 0 Å². The number of carboxylic acids is 1. The predicted molar refractivity (Wildman–Crippen MR) is 93.0 cm³/mol. The molecule has 122 valence electrons. The van der Waals surface area contributed by atoms with Gasteiger partial charge in [0.2, 0.25) is 0 Å². The molecule has 1 aromatic heterocycles. The zero-order valence-corrected chi connectivity index (χ0v) is 14.0. The largest absolute Gasteiger partial charge is 0.481 e. The maximum absolute atomic E-state index is 12.3. The fourth-order valence-electron chi connectivity index (χ4n) is 2.22. The Hall–Kier alpha value is -2.38. The summed E-state index contributed by atoms with van der Waals surface area (Å²) in [5.41, 5.74) is 1.46. The monoisotopic (exact) mass is 359 g/mol. The standard InChI is InChI=1S/C17H13NO4S2/c19-15(20)10-12(11-6-2-1-3-7-11)16(21)22-24-17-18-13-8-4-5-9-14(13)23-17/h1-9,12H,10H2,(H,19,20). The SMILES string of the molecule is O=C(O)CC(C(=O)OSc1nc2ccccc2s1)c1ccccc1. The van der Waals surface area contributed by atoms with Gasteiger partial charge >= 0.3 is 11.9 Å². The summed E-state index contributed by atoms with van der Waals surface area (Å²) in [6.45, 7) is 0. The summed E-state index contributed by atoms with van der Waals surface area (Å²) in [6, 6.07) is 16.4. The number of carbonyl (C=O) groups is 2. The Morgan fingerprint density at radius 3 is 2.54 bits per heavy atom. The number of aromatic nitrogens is 1. The van der Waals surface area contributed by atoms with Crippen LogP contribution in [0, 0.1) is 0 Å². The van der Waals surface area contributed by atoms with E-state index in [4.69, 9.17) is 9.29 Å². The van der Waals surface area contributed by atoms with Gasteiger partial charge in [0.1, 0.15) is 12.0 Å². The molecular formula is C17H13NO4S2. The number of nitrogens with zero attached hydrogens (tertiary/aromatic N) is 1. The first kappa shape index (κ1) is 16.5. The fourth-order valence-corrected chi connectivity index (χ4v) is 3.83. The number of carboxylic acid groups (broad SMARTS) is 1. The van der Waals surface area contributed by atoms with E-state index in [0.717, 1.165) is 22.3 Å². The van der Waals surface area contributed by atoms with Crippen molar-refractivity contribution >= 4 is 45.5 Å². The van der Waals surface area contributed by atoms with Crippen molar-refractivity contribution in [3.8, 4) is 0 Å². The van der Waals surface area contributed by atoms with Crippen molar-refractivity contribution in [1.82, 2.24) is 4.98 Å². The van der Waals surface area contributed by atoms with E-state index in [1.165, 1.54) is 11.3 Å². The zero-order valence-electron chi connectivity index (χ0n) is 12.4. The highest BCUT2D eigenvalue weighted by Crippen LogP contribution is 2.32. The number of para-hydroxylation sites is 1. The third-order valence-electron chi connectivity index (χ3n) is 3.33. The van der Waals surface area contributed by atoms with Crippen LogP contribution >= 0.6 is 23.4 Å². The molecule has 1 heterocycles. The average Bonchev–Trinajstić information content (AvgIpc) is 3.01. The number of benzene rings is 2. The van der Waals surface area contributed by atoms with Crippen LogP contribution < -0.4 is 0 Å². The lowest BCUT2D eigenvalue weighted by atomic mass is 9.96. The van der Waals surface area contributed by atoms with Gasteiger partial charge in [0, 0.05) is 0 Å². The lowest BCUT2D eigenvalue weighted by molar-refractivity contribution is -0.143. The number of aliphatic carboxylic acids is 1. The van der Waals surface area contributed by atoms with Gasteiger partial charge in [-0.2, -0.15) is 0 Å². The number of rotatable bonds is 6. The van der Waals surface area contributed by atoms with Crippen LogP contribution in [-0.4, -0.2) is 22.0 Å². The van der Waals surface area contributed by atoms with E-state index in [1.54, 1.807) is 24.3 Å². The summed E-state index contributed by atoms with van der Waals surface area (Å²) in [4.78, 5) is 27.8. The summed E-state index contributed by atoms with van der Waals surface area (Å²) in [5, 5.41) is 9.05. The van der Waals surface area contributed by atoms with Gasteiger partial charge < -0.3 is 9.29 Å². The molecule has 1 unspecified atom stereocenters. The van der Waals surface area contributed by atoms with Crippen LogP contribution in [0.3, 0.4) is 0 Å². The number of fused-ring (bicyclic) bond motifs is 1. The molecule has 2 aromatic carbocycles. The second kappa shape index (κ2) is 7.46. The molecule has 5 nitrogen and oxygen atoms in total. The minimum atomic E-state index is -1.05. The quantitative estimate of drug-likeness (QED) is 0.668. The van der Waals surface area contributed by atoms with E-state index in [-0.39, 0.29) is 6.42 Å². The topological polar surface area (TPSA) is 76.5 Å². The highest BCUT2D eigenvalue weighted by atomic mass is 32.2. The van der Waals surface area contributed by atoms with Gasteiger partial charge in [0.05, 0.1) is 22.6 Å². The van der Waals surface area contributed by atoms with Gasteiger partial charge in [-0.15, -0.1) is 11.3 Å². The molecule has 7 heteroatoms. The molecule has 3 rings (SSSR count). The van der Waals surface area contributed by atoms with Crippen LogP contribution in [0.2, 0.25) is 0 Å². The summed E-state index contributed by atoms with van der Waals surface area (Å²) in [5.74, 6) is -2.48. The van der Waals surface area contributed by atoms with Crippen LogP contribution in [0.4, 0.5) is 0 Å². The van der Waals surface area contributed by atoms with E-state index < -0.39 is 17.9 Å². The van der Waals surface area contributed by atoms with Crippen LogP contribution in [0.5, 0.6) is 0 Å². The minimum absolute atomic E-state index is 0.316. The third kappa shape index (κ3) is 3.93. The highest BCUT2D eigenvalue weighted by molar-refractivity contribution is 7.97. The van der Waals surface area contributed by atoms with Crippen LogP contribution in [0.25, 0.3) is 10.2 Å². The maximum Gasteiger partial charge on any atom is 0.326 e. The smallest absolute Gasteiger partial charge is 0.326 e. The van der Waals surface area contributed by atoms with E-state index in [9.17, 15) is 9.59 Å². The van der Waals surface area contributed by atoms with Gasteiger partial charge in [-0.1, -0.05) is 42.5 Å². The van der Waals surface area contributed by atoms with Crippen molar-refractivity contribution < 1.29 is 18.9 Å². The molecule has 24 heavy (non-hydrogen) atoms. The molecule has 3 aromatic rings. The maximum atomic E-state index is 12.3. The molecule has 0 radical (unpaired) electrons. The molecular weight excluding hydrogens is 346 g/mol. The van der Waals surface area contributed by atoms with Crippen LogP contribution in [-0.2, 0) is 13.8 Å². The minimum Gasteiger partial charge on any atom is -0.481 e. The molecule has 0 bridgehead atoms. The third-order valence-corrected chi connectivity index (χ3v) is 5.10. The molecule has 0 saturated heterocycles. The average molecular weight is 359 g/mol. The Bertz CT molecular complexity index is 830. The first-order valence-electron chi connectivity index (χ1n) is 7.14. The van der Waals surface area contributed by atoms with E-state index in [0.29, 0.717) is 9.90 Å². The molecule has 0 aliphatic carbocycles. The number of thiazole rings is 1. The molecule has 0 aliphatic rings. The molecule has 0 spiro atoms. The van der Waals surface area contributed by atoms with Gasteiger partial charge in [-0.3, -0.25) is 9.59 Å². The molecule has 0 amide bonds. The van der Waals surface area contributed by atoms with Crippen LogP contribution in [0.15, 0.2) is 58.9 Å². The number of hydrogen-bond donors (Lipinski definition) is 1. The van der Waals surface area contributed by atoms with Crippen molar-refractivity contribution in [2.75, 3.05) is 0 Å². The first-order valence-corrected chi connectivity index (χ1v) is 8.70. The van der Waals surface area contributed by atoms with E-state index in [2.05, 4.69) is 4.98 Å². The molecule has 1 N–H and O–H groups in total. The Kier molecular flexibility index (Phi) is 5.12. The van der Waals surface area contributed by atoms with Gasteiger partial charge in [-0.05, 0) is 17.7 Å². The lowest BCUT2D eigenvalue weighted by Gasteiger charge is -2.12. The summed E-state index contributed by atoms with van der Waals surface area (Å²) in [6.07, 6.45) is -0.316. The van der Waals surface area contributed by atoms with Gasteiger partial charge in [0.25, 0.3) is 0 Å². The van der Waals surface area contributed by atoms with Crippen molar-refractivity contribution in [2.45, 2.75) is 16.7 Å². The zero-order chi connectivity index (χ0) is 16.9. The predicted octanol–water partition coefficient (Wildman–Crippen LogP) is 4.11. The Morgan fingerprint density at radius 2 is 1.83 bits per heavy atom. The number of carbonyl (C=O) groups excluding carboxylic acids is 1. The highest BCUT2D eigenvalue weighted by Gasteiger charge is 2.26. The van der Waals surface area contributed by atoms with E-state index in [1.807, 2.05) is 30.3 Å². The van der Waals surface area contributed by atoms with Gasteiger partial charge in [-0.25, -0.2) is 4.98 Å². The normalized spacial score (nSPS) is 12.0. The molecule has 0 saturated carbocycles. The van der Waals surface area contributed by atoms with Crippen LogP contribution in [0.1, 0.15) is 17.9 Å². The van der Waals surface area contributed by atoms with Gasteiger partial charge in [0.15, 0.2) is 4.34 Å². The second-order valence-electron chi connectivity index (χ2n) is 4.99. The van der Waals surface area contributed by atoms with Crippen molar-refractivity contribution in [3.63, 3.8) is 0 Å². The molecule has 0 aliphatic heterocycles. The summed E-state index contributed by atoms with van der Waals surface area (Å²) < 4.78 is 6.84. The van der Waals surface area contributed by atoms with Crippen molar-refractivity contribution in [3.05, 3.63) is 60.2 Å². The molecule has 1 atom stereocenters. The van der Waals surface area contributed by atoms with Crippen molar-refractivity contribution in [1.29, 1.82) is 0 Å². The molecule has 0 fully saturated rings. The Morgan fingerprint density at radius 1 is 1.12 bits per heavy atom. The first-order chi connectivity index (χ1) is 11.6. The summed E-state index contributed by atoms with van der Waals surface area (Å²) >= 11 is 2.29. The van der Waals surface area contributed by atoms with E-state index >= 15 is 0 Å². The summed E-state index contributed by atoms with van der Waals surface area (Å²) in [7, 11) is 0.